The summed E-state index contributed by atoms with van der Waals surface area (Å²) in [5.74, 6) is -0.486. The minimum absolute atomic E-state index is 0.135. The minimum atomic E-state index is -4.61. The molecular weight excluding hydrogens is 323 g/mol. The molecule has 1 atom stereocenters. The van der Waals surface area contributed by atoms with Crippen molar-refractivity contribution in [3.8, 4) is 5.75 Å². The molecule has 0 saturated carbocycles. The van der Waals surface area contributed by atoms with Crippen LogP contribution in [-0.4, -0.2) is 47.9 Å². The number of halogens is 3. The fraction of sp³-hybridized carbons (Fsp3) is 0.588. The van der Waals surface area contributed by atoms with Crippen molar-refractivity contribution in [2.24, 2.45) is 5.92 Å². The van der Waals surface area contributed by atoms with E-state index in [-0.39, 0.29) is 38.4 Å². The molecule has 2 rings (SSSR count). The average molecular weight is 345 g/mol. The molecule has 1 heterocycles. The summed E-state index contributed by atoms with van der Waals surface area (Å²) in [6.07, 6.45) is -6.66. The van der Waals surface area contributed by atoms with Gasteiger partial charge in [0.25, 0.3) is 5.91 Å². The summed E-state index contributed by atoms with van der Waals surface area (Å²) in [4.78, 5) is 13.6. The minimum Gasteiger partial charge on any atom is -0.484 e. The highest BCUT2D eigenvalue weighted by atomic mass is 19.4. The number of aliphatic hydroxyl groups excluding tert-OH is 1. The van der Waals surface area contributed by atoms with Gasteiger partial charge in [0.05, 0.1) is 0 Å². The number of aryl methyl sites for hydroxylation is 2. The van der Waals surface area contributed by atoms with Crippen LogP contribution < -0.4 is 4.74 Å². The fourth-order valence-corrected chi connectivity index (χ4v) is 2.92. The molecule has 7 heteroatoms. The molecule has 1 saturated heterocycles. The Labute approximate surface area is 139 Å². The Morgan fingerprint density at radius 3 is 2.50 bits per heavy atom. The van der Waals surface area contributed by atoms with Crippen molar-refractivity contribution in [1.29, 1.82) is 0 Å². The Morgan fingerprint density at radius 1 is 1.33 bits per heavy atom. The van der Waals surface area contributed by atoms with E-state index in [0.717, 1.165) is 11.1 Å². The highest BCUT2D eigenvalue weighted by molar-refractivity contribution is 5.77. The third-order valence-corrected chi connectivity index (χ3v) is 4.36. The zero-order chi connectivity index (χ0) is 17.9. The van der Waals surface area contributed by atoms with Crippen LogP contribution >= 0.6 is 0 Å². The number of rotatable bonds is 4. The van der Waals surface area contributed by atoms with Gasteiger partial charge in [-0.25, -0.2) is 0 Å². The van der Waals surface area contributed by atoms with Crippen molar-refractivity contribution in [3.63, 3.8) is 0 Å². The summed E-state index contributed by atoms with van der Waals surface area (Å²) >= 11 is 0. The molecule has 1 amide bonds. The van der Waals surface area contributed by atoms with E-state index in [0.29, 0.717) is 5.75 Å². The molecule has 1 aliphatic rings. The predicted octanol–water partition coefficient (Wildman–Crippen LogP) is 2.84. The quantitative estimate of drug-likeness (QED) is 0.913. The number of piperidine rings is 1. The molecule has 0 spiro atoms. The molecular formula is C17H22F3NO3. The molecule has 0 aliphatic carbocycles. The van der Waals surface area contributed by atoms with E-state index in [9.17, 15) is 23.1 Å². The molecule has 0 aromatic heterocycles. The molecule has 4 nitrogen and oxygen atoms in total. The Bertz CT molecular complexity index is 581. The lowest BCUT2D eigenvalue weighted by Crippen LogP contribution is -2.46. The van der Waals surface area contributed by atoms with Gasteiger partial charge in [-0.15, -0.1) is 0 Å². The third-order valence-electron chi connectivity index (χ3n) is 4.36. The first-order chi connectivity index (χ1) is 11.2. The van der Waals surface area contributed by atoms with Gasteiger partial charge in [0.15, 0.2) is 12.7 Å². The van der Waals surface area contributed by atoms with Crippen LogP contribution in [0, 0.1) is 19.8 Å². The second-order valence-corrected chi connectivity index (χ2v) is 6.26. The third kappa shape index (κ3) is 4.63. The average Bonchev–Trinajstić information content (AvgIpc) is 2.52. The van der Waals surface area contributed by atoms with Crippen LogP contribution in [0.5, 0.6) is 5.75 Å². The van der Waals surface area contributed by atoms with Crippen LogP contribution in [0.25, 0.3) is 0 Å². The van der Waals surface area contributed by atoms with Gasteiger partial charge >= 0.3 is 6.18 Å². The second-order valence-electron chi connectivity index (χ2n) is 6.26. The number of likely N-dealkylation sites (tertiary alicyclic amines) is 1. The molecule has 0 radical (unpaired) electrons. The lowest BCUT2D eigenvalue weighted by molar-refractivity contribution is -0.223. The summed E-state index contributed by atoms with van der Waals surface area (Å²) in [5.41, 5.74) is 2.02. The van der Waals surface area contributed by atoms with Crippen molar-refractivity contribution in [3.05, 3.63) is 29.3 Å². The van der Waals surface area contributed by atoms with E-state index < -0.39 is 18.2 Å². The number of aliphatic hydroxyl groups is 1. The molecule has 134 valence electrons. The van der Waals surface area contributed by atoms with Gasteiger partial charge in [-0.1, -0.05) is 17.7 Å². The molecule has 1 aromatic rings. The van der Waals surface area contributed by atoms with Gasteiger partial charge in [-0.3, -0.25) is 4.79 Å². The Morgan fingerprint density at radius 2 is 1.96 bits per heavy atom. The van der Waals surface area contributed by atoms with Crippen LogP contribution in [0.3, 0.4) is 0 Å². The van der Waals surface area contributed by atoms with E-state index in [1.54, 1.807) is 6.07 Å². The van der Waals surface area contributed by atoms with E-state index in [1.807, 2.05) is 26.0 Å². The van der Waals surface area contributed by atoms with Crippen LogP contribution in [0.4, 0.5) is 13.2 Å². The smallest absolute Gasteiger partial charge is 0.414 e. The van der Waals surface area contributed by atoms with E-state index in [2.05, 4.69) is 0 Å². The first-order valence-electron chi connectivity index (χ1n) is 7.91. The number of nitrogens with zero attached hydrogens (tertiary/aromatic N) is 1. The number of amides is 1. The largest absolute Gasteiger partial charge is 0.484 e. The number of hydrogen-bond acceptors (Lipinski definition) is 3. The van der Waals surface area contributed by atoms with Crippen molar-refractivity contribution in [1.82, 2.24) is 4.90 Å². The van der Waals surface area contributed by atoms with Crippen LogP contribution in [0.15, 0.2) is 18.2 Å². The Hall–Kier alpha value is -1.76. The summed E-state index contributed by atoms with van der Waals surface area (Å²) in [5, 5.41) is 9.29. The highest BCUT2D eigenvalue weighted by Crippen LogP contribution is 2.31. The number of hydrogen-bond donors (Lipinski definition) is 1. The summed E-state index contributed by atoms with van der Waals surface area (Å²) in [6.45, 7) is 4.11. The Kier molecular flexibility index (Phi) is 5.74. The van der Waals surface area contributed by atoms with Gasteiger partial charge in [-0.2, -0.15) is 13.2 Å². The van der Waals surface area contributed by atoms with Crippen molar-refractivity contribution >= 4 is 5.91 Å². The summed E-state index contributed by atoms with van der Waals surface area (Å²) < 4.78 is 43.1. The lowest BCUT2D eigenvalue weighted by Gasteiger charge is -2.34. The summed E-state index contributed by atoms with van der Waals surface area (Å²) in [7, 11) is 0. The monoisotopic (exact) mass is 345 g/mol. The molecule has 1 aliphatic heterocycles. The molecule has 0 bridgehead atoms. The molecule has 1 unspecified atom stereocenters. The predicted molar refractivity (Wildman–Crippen MR) is 82.8 cm³/mol. The van der Waals surface area contributed by atoms with Gasteiger partial charge in [0.1, 0.15) is 5.75 Å². The lowest BCUT2D eigenvalue weighted by atomic mass is 9.91. The zero-order valence-electron chi connectivity index (χ0n) is 13.8. The van der Waals surface area contributed by atoms with Gasteiger partial charge < -0.3 is 14.7 Å². The van der Waals surface area contributed by atoms with Crippen LogP contribution in [-0.2, 0) is 4.79 Å². The van der Waals surface area contributed by atoms with Gasteiger partial charge in [-0.05, 0) is 44.2 Å². The summed E-state index contributed by atoms with van der Waals surface area (Å²) in [6, 6.07) is 5.63. The number of alkyl halides is 3. The van der Waals surface area contributed by atoms with Crippen LogP contribution in [0.1, 0.15) is 24.0 Å². The standard InChI is InChI=1S/C17H22F3NO3/c1-11-3-4-14(12(2)9-11)24-10-15(22)21-7-5-13(6-8-21)16(23)17(18,19)20/h3-4,9,13,16,23H,5-8,10H2,1-2H3. The van der Waals surface area contributed by atoms with Gasteiger partial charge in [0, 0.05) is 13.1 Å². The van der Waals surface area contributed by atoms with Gasteiger partial charge in [0.2, 0.25) is 0 Å². The number of carbonyl (C=O) groups is 1. The maximum Gasteiger partial charge on any atom is 0.414 e. The van der Waals surface area contributed by atoms with Crippen molar-refractivity contribution in [2.75, 3.05) is 19.7 Å². The maximum atomic E-state index is 12.5. The van der Waals surface area contributed by atoms with E-state index in [4.69, 9.17) is 4.74 Å². The maximum absolute atomic E-state index is 12.5. The topological polar surface area (TPSA) is 49.8 Å². The molecule has 1 aromatic carbocycles. The SMILES string of the molecule is Cc1ccc(OCC(=O)N2CCC(C(O)C(F)(F)F)CC2)c(C)c1. The number of carbonyl (C=O) groups excluding carboxylic acids is 1. The van der Waals surface area contributed by atoms with Crippen molar-refractivity contribution < 1.29 is 27.8 Å². The normalized spacial score (nSPS) is 17.7. The second kappa shape index (κ2) is 7.42. The highest BCUT2D eigenvalue weighted by Gasteiger charge is 2.44. The van der Waals surface area contributed by atoms with E-state index in [1.165, 1.54) is 4.90 Å². The number of ether oxygens (including phenoxy) is 1. The zero-order valence-corrected chi connectivity index (χ0v) is 13.8. The molecule has 1 N–H and O–H groups in total. The van der Waals surface area contributed by atoms with E-state index >= 15 is 0 Å². The molecule has 1 fully saturated rings. The van der Waals surface area contributed by atoms with Crippen molar-refractivity contribution in [2.45, 2.75) is 39.0 Å². The number of benzene rings is 1. The molecule has 24 heavy (non-hydrogen) atoms. The first kappa shape index (κ1) is 18.6. The fourth-order valence-electron chi connectivity index (χ4n) is 2.92. The van der Waals surface area contributed by atoms with Crippen LogP contribution in [0.2, 0.25) is 0 Å². The Balaban J connectivity index is 1.83. The first-order valence-corrected chi connectivity index (χ1v) is 7.91.